The highest BCUT2D eigenvalue weighted by Gasteiger charge is 2.34. The molecule has 2 saturated heterocycles. The Balaban J connectivity index is 1.96. The van der Waals surface area contributed by atoms with Crippen LogP contribution in [0.2, 0.25) is 0 Å². The second-order valence-electron chi connectivity index (χ2n) is 4.98. The quantitative estimate of drug-likeness (QED) is 0.667. The van der Waals surface area contributed by atoms with Crippen LogP contribution in [0.1, 0.15) is 12.8 Å². The molecule has 2 N–H and O–H groups in total. The van der Waals surface area contributed by atoms with Crippen LogP contribution in [0, 0.1) is 0 Å². The molecule has 2 rings (SSSR count). The smallest absolute Gasteiger partial charge is 0.218 e. The van der Waals surface area contributed by atoms with Gasteiger partial charge in [0.1, 0.15) is 0 Å². The third-order valence-corrected chi connectivity index (χ3v) is 6.09. The van der Waals surface area contributed by atoms with Crippen molar-refractivity contribution in [3.8, 4) is 0 Å². The molecule has 1 atom stereocenters. The van der Waals surface area contributed by atoms with Crippen LogP contribution in [-0.2, 0) is 10.0 Å². The first kappa shape index (κ1) is 14.2. The van der Waals surface area contributed by atoms with Crippen LogP contribution < -0.4 is 5.32 Å². The van der Waals surface area contributed by atoms with Gasteiger partial charge in [0.15, 0.2) is 0 Å². The molecule has 0 aliphatic carbocycles. The highest BCUT2D eigenvalue weighted by Crippen LogP contribution is 2.17. The van der Waals surface area contributed by atoms with E-state index in [9.17, 15) is 8.42 Å². The lowest BCUT2D eigenvalue weighted by molar-refractivity contribution is 0.202. The minimum absolute atomic E-state index is 0.138. The van der Waals surface area contributed by atoms with Crippen molar-refractivity contribution in [2.75, 3.05) is 52.4 Å². The molecule has 6 nitrogen and oxygen atoms in total. The number of sulfonamides is 1. The zero-order valence-electron chi connectivity index (χ0n) is 10.7. The van der Waals surface area contributed by atoms with E-state index in [1.807, 2.05) is 0 Å². The number of hydrogen-bond acceptors (Lipinski definition) is 5. The van der Waals surface area contributed by atoms with E-state index in [4.69, 9.17) is 5.11 Å². The third-order valence-electron chi connectivity index (χ3n) is 3.76. The van der Waals surface area contributed by atoms with Gasteiger partial charge in [-0.25, -0.2) is 12.7 Å². The monoisotopic (exact) mass is 277 g/mol. The molecule has 0 amide bonds. The lowest BCUT2D eigenvalue weighted by Gasteiger charge is -2.24. The molecule has 1 unspecified atom stereocenters. The normalized spacial score (nSPS) is 28.4. The molecule has 106 valence electrons. The Morgan fingerprint density at radius 3 is 2.72 bits per heavy atom. The Morgan fingerprint density at radius 2 is 2.06 bits per heavy atom. The molecule has 0 radical (unpaired) electrons. The van der Waals surface area contributed by atoms with Gasteiger partial charge >= 0.3 is 0 Å². The summed E-state index contributed by atoms with van der Waals surface area (Å²) in [7, 11) is -3.14. The predicted octanol–water partition coefficient (Wildman–Crippen LogP) is -1.32. The molecule has 0 aromatic carbocycles. The van der Waals surface area contributed by atoms with E-state index in [-0.39, 0.29) is 11.9 Å². The molecule has 0 aromatic rings. The molecule has 0 saturated carbocycles. The maximum Gasteiger partial charge on any atom is 0.218 e. The number of aliphatic hydroxyl groups excluding tert-OH is 1. The van der Waals surface area contributed by atoms with Crippen molar-refractivity contribution >= 4 is 10.0 Å². The van der Waals surface area contributed by atoms with Crippen LogP contribution >= 0.6 is 0 Å². The molecule has 0 aromatic heterocycles. The standard InChI is InChI=1S/C11H23N3O3S/c15-9-8-13-4-1-5-14(7-6-13)18(16,17)11-2-3-12-10-11/h11-12,15H,1-10H2. The van der Waals surface area contributed by atoms with Crippen molar-refractivity contribution in [2.45, 2.75) is 18.1 Å². The third kappa shape index (κ3) is 3.21. The van der Waals surface area contributed by atoms with Gasteiger partial charge in [-0.1, -0.05) is 0 Å². The Hall–Kier alpha value is -0.210. The molecule has 2 heterocycles. The van der Waals surface area contributed by atoms with E-state index in [0.717, 1.165) is 32.5 Å². The Kier molecular flexibility index (Phi) is 4.97. The van der Waals surface area contributed by atoms with E-state index < -0.39 is 10.0 Å². The van der Waals surface area contributed by atoms with Crippen LogP contribution in [-0.4, -0.2) is 80.4 Å². The Morgan fingerprint density at radius 1 is 1.22 bits per heavy atom. The maximum atomic E-state index is 12.4. The SMILES string of the molecule is O=S(=O)(C1CCNC1)N1CCCN(CCO)CC1. The summed E-state index contributed by atoms with van der Waals surface area (Å²) < 4.78 is 26.5. The van der Waals surface area contributed by atoms with Crippen LogP contribution in [0.25, 0.3) is 0 Å². The zero-order chi connectivity index (χ0) is 13.0. The van der Waals surface area contributed by atoms with E-state index in [0.29, 0.717) is 26.2 Å². The summed E-state index contributed by atoms with van der Waals surface area (Å²) in [6, 6.07) is 0. The summed E-state index contributed by atoms with van der Waals surface area (Å²) in [5.41, 5.74) is 0. The molecule has 7 heteroatoms. The van der Waals surface area contributed by atoms with Gasteiger partial charge in [-0.2, -0.15) is 0 Å². The van der Waals surface area contributed by atoms with Crippen LogP contribution in [0.15, 0.2) is 0 Å². The first-order valence-electron chi connectivity index (χ1n) is 6.67. The highest BCUT2D eigenvalue weighted by atomic mass is 32.2. The molecule has 0 spiro atoms. The number of nitrogens with one attached hydrogen (secondary N) is 1. The minimum Gasteiger partial charge on any atom is -0.395 e. The maximum absolute atomic E-state index is 12.4. The fraction of sp³-hybridized carbons (Fsp3) is 1.00. The van der Waals surface area contributed by atoms with Gasteiger partial charge in [-0.3, -0.25) is 4.90 Å². The summed E-state index contributed by atoms with van der Waals surface area (Å²) in [6.45, 7) is 4.92. The Labute approximate surface area is 109 Å². The summed E-state index contributed by atoms with van der Waals surface area (Å²) in [5, 5.41) is 11.8. The van der Waals surface area contributed by atoms with Gasteiger partial charge in [0, 0.05) is 32.7 Å². The number of rotatable bonds is 4. The number of hydrogen-bond donors (Lipinski definition) is 2. The zero-order valence-corrected chi connectivity index (χ0v) is 11.5. The predicted molar refractivity (Wildman–Crippen MR) is 69.9 cm³/mol. The average molecular weight is 277 g/mol. The van der Waals surface area contributed by atoms with Crippen molar-refractivity contribution < 1.29 is 13.5 Å². The van der Waals surface area contributed by atoms with E-state index >= 15 is 0 Å². The lowest BCUT2D eigenvalue weighted by Crippen LogP contribution is -2.42. The second kappa shape index (κ2) is 6.29. The fourth-order valence-electron chi connectivity index (χ4n) is 2.66. The van der Waals surface area contributed by atoms with Crippen LogP contribution in [0.3, 0.4) is 0 Å². The first-order chi connectivity index (χ1) is 8.64. The molecule has 2 fully saturated rings. The van der Waals surface area contributed by atoms with Crippen LogP contribution in [0.5, 0.6) is 0 Å². The van der Waals surface area contributed by atoms with E-state index in [2.05, 4.69) is 10.2 Å². The summed E-state index contributed by atoms with van der Waals surface area (Å²) in [4.78, 5) is 2.13. The van der Waals surface area contributed by atoms with Gasteiger partial charge in [-0.15, -0.1) is 0 Å². The number of β-amino-alcohol motifs (C(OH)–C–C–N with tert-alkyl or cyclic N) is 1. The van der Waals surface area contributed by atoms with Crippen LogP contribution in [0.4, 0.5) is 0 Å². The molecule has 0 bridgehead atoms. The minimum atomic E-state index is -3.14. The van der Waals surface area contributed by atoms with Crippen molar-refractivity contribution in [3.05, 3.63) is 0 Å². The highest BCUT2D eigenvalue weighted by molar-refractivity contribution is 7.89. The van der Waals surface area contributed by atoms with Gasteiger partial charge in [0.2, 0.25) is 10.0 Å². The average Bonchev–Trinajstić information content (AvgIpc) is 2.78. The van der Waals surface area contributed by atoms with Crippen molar-refractivity contribution in [1.29, 1.82) is 0 Å². The van der Waals surface area contributed by atoms with Crippen molar-refractivity contribution in [3.63, 3.8) is 0 Å². The molecule has 2 aliphatic rings. The second-order valence-corrected chi connectivity index (χ2v) is 7.19. The van der Waals surface area contributed by atoms with Crippen molar-refractivity contribution in [1.82, 2.24) is 14.5 Å². The van der Waals surface area contributed by atoms with Gasteiger partial charge in [0.05, 0.1) is 11.9 Å². The van der Waals surface area contributed by atoms with E-state index in [1.54, 1.807) is 4.31 Å². The number of aliphatic hydroxyl groups is 1. The van der Waals surface area contributed by atoms with Gasteiger partial charge in [0.25, 0.3) is 0 Å². The molecule has 18 heavy (non-hydrogen) atoms. The van der Waals surface area contributed by atoms with Gasteiger partial charge in [-0.05, 0) is 25.9 Å². The molecular weight excluding hydrogens is 254 g/mol. The largest absolute Gasteiger partial charge is 0.395 e. The summed E-state index contributed by atoms with van der Waals surface area (Å²) in [6.07, 6.45) is 1.57. The fourth-order valence-corrected chi connectivity index (χ4v) is 4.55. The van der Waals surface area contributed by atoms with Gasteiger partial charge < -0.3 is 10.4 Å². The first-order valence-corrected chi connectivity index (χ1v) is 8.18. The molecule has 2 aliphatic heterocycles. The topological polar surface area (TPSA) is 72.9 Å². The van der Waals surface area contributed by atoms with Crippen molar-refractivity contribution in [2.24, 2.45) is 0 Å². The molecular formula is C11H23N3O3S. The number of nitrogens with zero attached hydrogens (tertiary/aromatic N) is 2. The van der Waals surface area contributed by atoms with E-state index in [1.165, 1.54) is 0 Å². The lowest BCUT2D eigenvalue weighted by atomic mass is 10.4. The summed E-state index contributed by atoms with van der Waals surface area (Å²) in [5.74, 6) is 0. The summed E-state index contributed by atoms with van der Waals surface area (Å²) >= 11 is 0. The Bertz CT molecular complexity index is 355.